The Bertz CT molecular complexity index is 512. The smallest absolute Gasteiger partial charge is 0.244 e. The van der Waals surface area contributed by atoms with Gasteiger partial charge in [-0.05, 0) is 41.8 Å². The summed E-state index contributed by atoms with van der Waals surface area (Å²) in [6, 6.07) is 1.38. The standard InChI is InChI=1S/C10H14BrNO3S2/c1-7-9(5-10(11)16-7)17(14,15)12-4-2-3-8(12)6-13/h5,8,13H,2-4,6H2,1H3/t8-/m0/s1. The summed E-state index contributed by atoms with van der Waals surface area (Å²) in [5.41, 5.74) is 0. The van der Waals surface area contributed by atoms with Crippen LogP contribution in [-0.2, 0) is 10.0 Å². The van der Waals surface area contributed by atoms with E-state index >= 15 is 0 Å². The molecule has 1 aliphatic heterocycles. The van der Waals surface area contributed by atoms with E-state index in [2.05, 4.69) is 15.9 Å². The van der Waals surface area contributed by atoms with Crippen LogP contribution < -0.4 is 0 Å². The molecule has 4 nitrogen and oxygen atoms in total. The molecule has 0 amide bonds. The number of aliphatic hydroxyl groups is 1. The van der Waals surface area contributed by atoms with E-state index in [0.29, 0.717) is 11.4 Å². The van der Waals surface area contributed by atoms with Gasteiger partial charge in [-0.2, -0.15) is 4.31 Å². The molecule has 2 heterocycles. The second kappa shape index (κ2) is 4.97. The quantitative estimate of drug-likeness (QED) is 0.915. The van der Waals surface area contributed by atoms with Gasteiger partial charge >= 0.3 is 0 Å². The number of hydrogen-bond acceptors (Lipinski definition) is 4. The van der Waals surface area contributed by atoms with Crippen molar-refractivity contribution in [2.45, 2.75) is 30.7 Å². The topological polar surface area (TPSA) is 57.6 Å². The van der Waals surface area contributed by atoms with Gasteiger partial charge in [0.05, 0.1) is 15.3 Å². The zero-order valence-corrected chi connectivity index (χ0v) is 12.6. The Labute approximate surface area is 113 Å². The van der Waals surface area contributed by atoms with E-state index in [1.54, 1.807) is 13.0 Å². The van der Waals surface area contributed by atoms with Crippen molar-refractivity contribution in [1.29, 1.82) is 0 Å². The van der Waals surface area contributed by atoms with Gasteiger partial charge < -0.3 is 5.11 Å². The molecule has 1 atom stereocenters. The van der Waals surface area contributed by atoms with E-state index < -0.39 is 10.0 Å². The lowest BCUT2D eigenvalue weighted by Crippen LogP contribution is -2.37. The van der Waals surface area contributed by atoms with Crippen LogP contribution in [0.3, 0.4) is 0 Å². The molecule has 1 fully saturated rings. The van der Waals surface area contributed by atoms with Crippen molar-refractivity contribution >= 4 is 37.3 Å². The van der Waals surface area contributed by atoms with Crippen molar-refractivity contribution in [1.82, 2.24) is 4.31 Å². The van der Waals surface area contributed by atoms with Crippen LogP contribution in [0, 0.1) is 6.92 Å². The maximum absolute atomic E-state index is 12.4. The lowest BCUT2D eigenvalue weighted by Gasteiger charge is -2.22. The molecule has 0 radical (unpaired) electrons. The van der Waals surface area contributed by atoms with Gasteiger partial charge in [0.1, 0.15) is 0 Å². The molecule has 17 heavy (non-hydrogen) atoms. The summed E-state index contributed by atoms with van der Waals surface area (Å²) in [7, 11) is -3.46. The first-order chi connectivity index (χ1) is 7.96. The van der Waals surface area contributed by atoms with Crippen molar-refractivity contribution < 1.29 is 13.5 Å². The molecule has 0 bridgehead atoms. The number of aryl methyl sites for hydroxylation is 1. The van der Waals surface area contributed by atoms with Gasteiger partial charge in [0, 0.05) is 17.5 Å². The van der Waals surface area contributed by atoms with E-state index in [-0.39, 0.29) is 12.6 Å². The first-order valence-corrected chi connectivity index (χ1v) is 8.40. The minimum absolute atomic E-state index is 0.108. The first kappa shape index (κ1) is 13.5. The molecule has 7 heteroatoms. The van der Waals surface area contributed by atoms with E-state index in [1.165, 1.54) is 15.6 Å². The van der Waals surface area contributed by atoms with Crippen molar-refractivity contribution in [3.05, 3.63) is 14.7 Å². The third kappa shape index (κ3) is 2.44. The van der Waals surface area contributed by atoms with Gasteiger partial charge in [0.2, 0.25) is 10.0 Å². The zero-order chi connectivity index (χ0) is 12.6. The minimum Gasteiger partial charge on any atom is -0.395 e. The van der Waals surface area contributed by atoms with E-state index in [4.69, 9.17) is 0 Å². The summed E-state index contributed by atoms with van der Waals surface area (Å²) < 4.78 is 27.1. The molecule has 0 aliphatic carbocycles. The first-order valence-electron chi connectivity index (χ1n) is 5.35. The predicted molar refractivity (Wildman–Crippen MR) is 70.8 cm³/mol. The van der Waals surface area contributed by atoms with Crippen LogP contribution in [-0.4, -0.2) is 37.0 Å². The fraction of sp³-hybridized carbons (Fsp3) is 0.600. The molecule has 1 aromatic heterocycles. The second-order valence-electron chi connectivity index (χ2n) is 4.07. The Kier molecular flexibility index (Phi) is 3.94. The molecule has 1 aliphatic rings. The third-order valence-corrected chi connectivity index (χ3v) is 6.72. The lowest BCUT2D eigenvalue weighted by atomic mass is 10.2. The summed E-state index contributed by atoms with van der Waals surface area (Å²) in [6.45, 7) is 2.19. The summed E-state index contributed by atoms with van der Waals surface area (Å²) in [6.07, 6.45) is 1.55. The highest BCUT2D eigenvalue weighted by molar-refractivity contribution is 9.11. The lowest BCUT2D eigenvalue weighted by molar-refractivity contribution is 0.213. The van der Waals surface area contributed by atoms with Gasteiger partial charge in [-0.15, -0.1) is 11.3 Å². The summed E-state index contributed by atoms with van der Waals surface area (Å²) in [5, 5.41) is 9.21. The number of rotatable bonds is 3. The van der Waals surface area contributed by atoms with E-state index in [1.807, 2.05) is 0 Å². The van der Waals surface area contributed by atoms with Gasteiger partial charge in [0.15, 0.2) is 0 Å². The summed E-state index contributed by atoms with van der Waals surface area (Å²) in [5.74, 6) is 0. The number of thiophene rings is 1. The van der Waals surface area contributed by atoms with Crippen LogP contribution >= 0.6 is 27.3 Å². The largest absolute Gasteiger partial charge is 0.395 e. The van der Waals surface area contributed by atoms with Crippen LogP contribution in [0.5, 0.6) is 0 Å². The molecule has 0 unspecified atom stereocenters. The molecule has 1 saturated heterocycles. The molecule has 1 N–H and O–H groups in total. The van der Waals surface area contributed by atoms with Crippen molar-refractivity contribution in [2.24, 2.45) is 0 Å². The number of nitrogens with zero attached hydrogens (tertiary/aromatic N) is 1. The monoisotopic (exact) mass is 339 g/mol. The third-order valence-electron chi connectivity index (χ3n) is 2.96. The van der Waals surface area contributed by atoms with Crippen molar-refractivity contribution in [2.75, 3.05) is 13.2 Å². The molecule has 1 aromatic rings. The number of halogens is 1. The molecular weight excluding hydrogens is 326 g/mol. The summed E-state index contributed by atoms with van der Waals surface area (Å²) in [4.78, 5) is 1.13. The Morgan fingerprint density at radius 1 is 1.65 bits per heavy atom. The highest BCUT2D eigenvalue weighted by Gasteiger charge is 2.36. The van der Waals surface area contributed by atoms with Gasteiger partial charge in [0.25, 0.3) is 0 Å². The summed E-state index contributed by atoms with van der Waals surface area (Å²) >= 11 is 4.71. The molecular formula is C10H14BrNO3S2. The fourth-order valence-corrected chi connectivity index (χ4v) is 6.19. The maximum Gasteiger partial charge on any atom is 0.244 e. The van der Waals surface area contributed by atoms with E-state index in [9.17, 15) is 13.5 Å². The maximum atomic E-state index is 12.4. The van der Waals surface area contributed by atoms with Crippen LogP contribution in [0.25, 0.3) is 0 Å². The zero-order valence-electron chi connectivity index (χ0n) is 9.39. The van der Waals surface area contributed by atoms with E-state index in [0.717, 1.165) is 21.5 Å². The normalized spacial score (nSPS) is 22.2. The average Bonchev–Trinajstić information content (AvgIpc) is 2.84. The van der Waals surface area contributed by atoms with Gasteiger partial charge in [-0.25, -0.2) is 8.42 Å². The highest BCUT2D eigenvalue weighted by Crippen LogP contribution is 2.34. The van der Waals surface area contributed by atoms with Crippen LogP contribution in [0.2, 0.25) is 0 Å². The van der Waals surface area contributed by atoms with Gasteiger partial charge in [-0.3, -0.25) is 0 Å². The number of sulfonamides is 1. The number of hydrogen-bond donors (Lipinski definition) is 1. The van der Waals surface area contributed by atoms with Gasteiger partial charge in [-0.1, -0.05) is 0 Å². The second-order valence-corrected chi connectivity index (χ2v) is 8.56. The molecule has 0 spiro atoms. The minimum atomic E-state index is -3.46. The Morgan fingerprint density at radius 2 is 2.35 bits per heavy atom. The molecule has 0 aromatic carbocycles. The average molecular weight is 340 g/mol. The predicted octanol–water partition coefficient (Wildman–Crippen LogP) is 1.96. The van der Waals surface area contributed by atoms with Crippen molar-refractivity contribution in [3.63, 3.8) is 0 Å². The Hall–Kier alpha value is 0.0500. The Balaban J connectivity index is 2.39. The fourth-order valence-electron chi connectivity index (χ4n) is 2.12. The Morgan fingerprint density at radius 3 is 2.88 bits per heavy atom. The molecule has 0 saturated carbocycles. The SMILES string of the molecule is Cc1sc(Br)cc1S(=O)(=O)N1CCC[C@H]1CO. The van der Waals surface area contributed by atoms with Crippen LogP contribution in [0.1, 0.15) is 17.7 Å². The molecule has 96 valence electrons. The molecule has 2 rings (SSSR count). The van der Waals surface area contributed by atoms with Crippen LogP contribution in [0.4, 0.5) is 0 Å². The van der Waals surface area contributed by atoms with Crippen LogP contribution in [0.15, 0.2) is 14.7 Å². The number of aliphatic hydroxyl groups excluding tert-OH is 1. The van der Waals surface area contributed by atoms with Crippen molar-refractivity contribution in [3.8, 4) is 0 Å². The highest BCUT2D eigenvalue weighted by atomic mass is 79.9.